The van der Waals surface area contributed by atoms with Gasteiger partial charge in [0.05, 0.1) is 54.1 Å². The zero-order chi connectivity index (χ0) is 28.4. The molecule has 0 amide bonds. The predicted molar refractivity (Wildman–Crippen MR) is 141 cm³/mol. The van der Waals surface area contributed by atoms with Gasteiger partial charge in [0, 0.05) is 35.8 Å². The van der Waals surface area contributed by atoms with E-state index < -0.39 is 28.7 Å². The van der Waals surface area contributed by atoms with Crippen LogP contribution in [0.15, 0.2) is 84.4 Å². The average molecular weight is 537 g/mol. The fraction of sp³-hybridized carbons (Fsp3) is 0.250. The molecule has 39 heavy (non-hydrogen) atoms. The van der Waals surface area contributed by atoms with Crippen molar-refractivity contribution in [3.63, 3.8) is 0 Å². The summed E-state index contributed by atoms with van der Waals surface area (Å²) in [6.07, 6.45) is 5.27. The van der Waals surface area contributed by atoms with Crippen molar-refractivity contribution in [1.29, 1.82) is 0 Å². The summed E-state index contributed by atoms with van der Waals surface area (Å²) >= 11 is 0. The first kappa shape index (κ1) is 28.6. The molecule has 2 aromatic carbocycles. The lowest BCUT2D eigenvalue weighted by molar-refractivity contribution is -0.384. The topological polar surface area (TPSA) is 135 Å². The minimum Gasteiger partial charge on any atom is -0.464 e. The predicted octanol–water partition coefficient (Wildman–Crippen LogP) is 4.55. The van der Waals surface area contributed by atoms with Crippen molar-refractivity contribution in [2.45, 2.75) is 26.7 Å². The Bertz CT molecular complexity index is 1280. The Hall–Kier alpha value is -4.93. The fourth-order valence-electron chi connectivity index (χ4n) is 3.83. The number of esters is 3. The molecule has 0 saturated heterocycles. The smallest absolute Gasteiger partial charge is 0.336 e. The molecule has 0 unspecified atom stereocenters. The minimum absolute atomic E-state index is 0.0826. The highest BCUT2D eigenvalue weighted by molar-refractivity contribution is 6.00. The monoisotopic (exact) mass is 536 g/mol. The second kappa shape index (κ2) is 13.6. The van der Waals surface area contributed by atoms with Gasteiger partial charge in [-0.1, -0.05) is 18.2 Å². The lowest BCUT2D eigenvalue weighted by Crippen LogP contribution is -2.29. The van der Waals surface area contributed by atoms with Crippen LogP contribution in [0.2, 0.25) is 0 Å². The molecule has 3 rings (SSSR count). The van der Waals surface area contributed by atoms with E-state index in [1.54, 1.807) is 45.0 Å². The maximum absolute atomic E-state index is 13.2. The number of ether oxygens (including phenoxy) is 4. The number of carbonyl (C=O) groups excluding carboxylic acids is 3. The molecule has 0 spiro atoms. The quantitative estimate of drug-likeness (QED) is 0.101. The van der Waals surface area contributed by atoms with Crippen molar-refractivity contribution in [2.24, 2.45) is 0 Å². The molecule has 1 heterocycles. The third-order valence-corrected chi connectivity index (χ3v) is 5.48. The number of nitro groups is 1. The first-order valence-electron chi connectivity index (χ1n) is 12.2. The zero-order valence-corrected chi connectivity index (χ0v) is 21.7. The Morgan fingerprint density at radius 3 is 1.97 bits per heavy atom. The molecule has 0 N–H and O–H groups in total. The highest BCUT2D eigenvalue weighted by atomic mass is 16.6. The Kier molecular flexibility index (Phi) is 9.96. The van der Waals surface area contributed by atoms with E-state index in [1.165, 1.54) is 41.6 Å². The number of nitro benzene ring substituents is 1. The van der Waals surface area contributed by atoms with E-state index in [2.05, 4.69) is 0 Å². The van der Waals surface area contributed by atoms with E-state index in [0.717, 1.165) is 12.3 Å². The van der Waals surface area contributed by atoms with Crippen molar-refractivity contribution >= 4 is 29.3 Å². The SMILES string of the molecule is CCOC(=O)/C=C/Oc1ccccc1C1C(C(=O)OCC)=CN(c2ccc([N+](=O)[O-])cc2)C=C1C(=O)OCC. The van der Waals surface area contributed by atoms with Gasteiger partial charge in [0.2, 0.25) is 0 Å². The normalized spacial score (nSPS) is 13.4. The van der Waals surface area contributed by atoms with E-state index in [9.17, 15) is 24.5 Å². The molecule has 0 fully saturated rings. The van der Waals surface area contributed by atoms with Gasteiger partial charge in [0.25, 0.3) is 5.69 Å². The van der Waals surface area contributed by atoms with E-state index in [-0.39, 0.29) is 42.4 Å². The second-order valence-electron chi connectivity index (χ2n) is 7.93. The molecule has 204 valence electrons. The number of carbonyl (C=O) groups is 3. The van der Waals surface area contributed by atoms with Crippen molar-refractivity contribution in [3.05, 3.63) is 100 Å². The number of benzene rings is 2. The number of hydrogen-bond acceptors (Lipinski definition) is 10. The number of nitrogens with zero attached hydrogens (tertiary/aromatic N) is 2. The number of anilines is 1. The summed E-state index contributed by atoms with van der Waals surface area (Å²) < 4.78 is 21.2. The maximum atomic E-state index is 13.2. The first-order valence-corrected chi connectivity index (χ1v) is 12.2. The van der Waals surface area contributed by atoms with E-state index in [1.807, 2.05) is 0 Å². The summed E-state index contributed by atoms with van der Waals surface area (Å²) in [6.45, 7) is 5.36. The van der Waals surface area contributed by atoms with Crippen LogP contribution in [0, 0.1) is 10.1 Å². The molecule has 0 atom stereocenters. The van der Waals surface area contributed by atoms with Crippen molar-refractivity contribution in [1.82, 2.24) is 0 Å². The van der Waals surface area contributed by atoms with Crippen LogP contribution in [0.25, 0.3) is 0 Å². The second-order valence-corrected chi connectivity index (χ2v) is 7.93. The van der Waals surface area contributed by atoms with Crippen molar-refractivity contribution in [3.8, 4) is 5.75 Å². The van der Waals surface area contributed by atoms with Gasteiger partial charge in [0.1, 0.15) is 5.75 Å². The van der Waals surface area contributed by atoms with E-state index >= 15 is 0 Å². The summed E-state index contributed by atoms with van der Waals surface area (Å²) in [5, 5.41) is 11.1. The van der Waals surface area contributed by atoms with E-state index in [4.69, 9.17) is 18.9 Å². The standard InChI is InChI=1S/C28H28N2O9/c1-4-36-25(31)15-16-39-24-10-8-7-9-21(24)26-22(27(32)37-5-2)17-29(18-23(26)28(33)38-6-3)19-11-13-20(14-12-19)30(34)35/h7-18,26H,4-6H2,1-3H3/b16-15+. The molecule has 0 bridgehead atoms. The largest absolute Gasteiger partial charge is 0.464 e. The molecule has 1 aliphatic rings. The van der Waals surface area contributed by atoms with Crippen LogP contribution < -0.4 is 9.64 Å². The molecule has 0 radical (unpaired) electrons. The van der Waals surface area contributed by atoms with Gasteiger partial charge in [-0.3, -0.25) is 10.1 Å². The first-order chi connectivity index (χ1) is 18.8. The Morgan fingerprint density at radius 2 is 1.44 bits per heavy atom. The Morgan fingerprint density at radius 1 is 0.872 bits per heavy atom. The van der Waals surface area contributed by atoms with Gasteiger partial charge < -0.3 is 23.8 Å². The van der Waals surface area contributed by atoms with E-state index in [0.29, 0.717) is 11.3 Å². The molecule has 1 aliphatic heterocycles. The zero-order valence-electron chi connectivity index (χ0n) is 21.7. The number of rotatable bonds is 11. The maximum Gasteiger partial charge on any atom is 0.336 e. The van der Waals surface area contributed by atoms with Crippen LogP contribution in [-0.4, -0.2) is 42.7 Å². The van der Waals surface area contributed by atoms with Crippen LogP contribution >= 0.6 is 0 Å². The van der Waals surface area contributed by atoms with Gasteiger partial charge in [-0.2, -0.15) is 0 Å². The Labute approximate surface area is 225 Å². The molecule has 2 aromatic rings. The number of hydrogen-bond donors (Lipinski definition) is 0. The molecular formula is C28H28N2O9. The molecule has 11 heteroatoms. The summed E-state index contributed by atoms with van der Waals surface area (Å²) in [4.78, 5) is 50.2. The van der Waals surface area contributed by atoms with Gasteiger partial charge >= 0.3 is 17.9 Å². The third kappa shape index (κ3) is 7.10. The number of non-ortho nitro benzene ring substituents is 1. The van der Waals surface area contributed by atoms with Crippen molar-refractivity contribution < 1.29 is 38.3 Å². The molecule has 0 aromatic heterocycles. The summed E-state index contributed by atoms with van der Waals surface area (Å²) in [7, 11) is 0. The lowest BCUT2D eigenvalue weighted by Gasteiger charge is -2.31. The number of para-hydroxylation sites is 1. The van der Waals surface area contributed by atoms with Crippen LogP contribution in [0.5, 0.6) is 5.75 Å². The van der Waals surface area contributed by atoms with Crippen LogP contribution in [0.1, 0.15) is 32.3 Å². The molecule has 11 nitrogen and oxygen atoms in total. The minimum atomic E-state index is -0.954. The molecule has 0 aliphatic carbocycles. The average Bonchev–Trinajstić information content (AvgIpc) is 2.93. The third-order valence-electron chi connectivity index (χ3n) is 5.48. The highest BCUT2D eigenvalue weighted by Crippen LogP contribution is 2.42. The fourth-order valence-corrected chi connectivity index (χ4v) is 3.83. The Balaban J connectivity index is 2.13. The van der Waals surface area contributed by atoms with Crippen LogP contribution in [-0.2, 0) is 28.6 Å². The molecule has 0 saturated carbocycles. The highest BCUT2D eigenvalue weighted by Gasteiger charge is 2.37. The van der Waals surface area contributed by atoms with Crippen LogP contribution in [0.3, 0.4) is 0 Å². The van der Waals surface area contributed by atoms with Gasteiger partial charge in [-0.05, 0) is 39.0 Å². The van der Waals surface area contributed by atoms with Gasteiger partial charge in [-0.15, -0.1) is 0 Å². The van der Waals surface area contributed by atoms with Gasteiger partial charge in [-0.25, -0.2) is 14.4 Å². The van der Waals surface area contributed by atoms with Crippen molar-refractivity contribution in [2.75, 3.05) is 24.7 Å². The van der Waals surface area contributed by atoms with Gasteiger partial charge in [0.15, 0.2) is 0 Å². The van der Waals surface area contributed by atoms with Crippen LogP contribution in [0.4, 0.5) is 11.4 Å². The summed E-state index contributed by atoms with van der Waals surface area (Å²) in [6, 6.07) is 12.3. The summed E-state index contributed by atoms with van der Waals surface area (Å²) in [5.41, 5.74) is 0.995. The summed E-state index contributed by atoms with van der Waals surface area (Å²) in [5.74, 6) is -2.63. The lowest BCUT2D eigenvalue weighted by atomic mass is 9.82. The molecular weight excluding hydrogens is 508 g/mol.